The second-order valence-corrected chi connectivity index (χ2v) is 5.47. The molecule has 0 saturated carbocycles. The van der Waals surface area contributed by atoms with E-state index in [1.165, 1.54) is 5.56 Å². The first-order chi connectivity index (χ1) is 11.0. The van der Waals surface area contributed by atoms with E-state index in [2.05, 4.69) is 24.4 Å². The molecule has 1 N–H and O–H groups in total. The predicted octanol–water partition coefficient (Wildman–Crippen LogP) is 3.04. The highest BCUT2D eigenvalue weighted by atomic mass is 35.5. The number of hydrogen-bond acceptors (Lipinski definition) is 2. The van der Waals surface area contributed by atoms with Crippen LogP contribution in [0.1, 0.15) is 11.1 Å². The van der Waals surface area contributed by atoms with Gasteiger partial charge in [-0.1, -0.05) is 59.6 Å². The number of rotatable bonds is 5. The summed E-state index contributed by atoms with van der Waals surface area (Å²) >= 11 is 5.75. The predicted molar refractivity (Wildman–Crippen MR) is 93.2 cm³/mol. The van der Waals surface area contributed by atoms with Crippen LogP contribution in [0.4, 0.5) is 0 Å². The Bertz CT molecular complexity index is 600. The van der Waals surface area contributed by atoms with Crippen molar-refractivity contribution in [2.45, 2.75) is 13.5 Å². The molecule has 0 aliphatic heterocycles. The third-order valence-electron chi connectivity index (χ3n) is 3.04. The van der Waals surface area contributed by atoms with Gasteiger partial charge in [-0.3, -0.25) is 9.59 Å². The Hall–Kier alpha value is -2.33. The Morgan fingerprint density at radius 2 is 1.74 bits per heavy atom. The van der Waals surface area contributed by atoms with Gasteiger partial charge in [0.05, 0.1) is 6.54 Å². The van der Waals surface area contributed by atoms with Crippen LogP contribution in [-0.2, 0) is 16.1 Å². The Morgan fingerprint density at radius 3 is 2.22 bits per heavy atom. The zero-order valence-corrected chi connectivity index (χ0v) is 14.1. The summed E-state index contributed by atoms with van der Waals surface area (Å²) in [6.45, 7) is 2.60. The average Bonchev–Trinajstić information content (AvgIpc) is 2.56. The molecule has 23 heavy (non-hydrogen) atoms. The van der Waals surface area contributed by atoms with Crippen LogP contribution in [0.3, 0.4) is 0 Å². The van der Waals surface area contributed by atoms with Crippen molar-refractivity contribution < 1.29 is 9.59 Å². The number of amides is 2. The van der Waals surface area contributed by atoms with Crippen molar-refractivity contribution in [1.29, 1.82) is 0 Å². The molecule has 0 radical (unpaired) electrons. The molecule has 122 valence electrons. The highest BCUT2D eigenvalue weighted by molar-refractivity contribution is 6.30. The van der Waals surface area contributed by atoms with E-state index in [4.69, 9.17) is 11.6 Å². The monoisotopic (exact) mass is 332 g/mol. The molecule has 2 rings (SSSR count). The van der Waals surface area contributed by atoms with Crippen molar-refractivity contribution in [3.8, 4) is 0 Å². The van der Waals surface area contributed by atoms with Crippen molar-refractivity contribution in [1.82, 2.24) is 10.2 Å². The Labute approximate surface area is 142 Å². The zero-order valence-electron chi connectivity index (χ0n) is 13.3. The van der Waals surface area contributed by atoms with E-state index in [0.717, 1.165) is 5.56 Å². The molecule has 4 nitrogen and oxygen atoms in total. The molecule has 2 aromatic carbocycles. The molecule has 2 amide bonds. The van der Waals surface area contributed by atoms with Crippen LogP contribution in [0.25, 0.3) is 0 Å². The molecule has 0 fully saturated rings. The second-order valence-electron chi connectivity index (χ2n) is 5.03. The largest absolute Gasteiger partial charge is 0.350 e. The fourth-order valence-electron chi connectivity index (χ4n) is 1.75. The number of carbonyl (C=O) groups is 2. The van der Waals surface area contributed by atoms with Gasteiger partial charge in [0.1, 0.15) is 0 Å². The van der Waals surface area contributed by atoms with Gasteiger partial charge in [0.25, 0.3) is 0 Å². The van der Waals surface area contributed by atoms with E-state index in [0.29, 0.717) is 18.0 Å². The molecule has 0 unspecified atom stereocenters. The van der Waals surface area contributed by atoms with Gasteiger partial charge in [0, 0.05) is 18.6 Å². The summed E-state index contributed by atoms with van der Waals surface area (Å²) < 4.78 is 0. The van der Waals surface area contributed by atoms with Crippen molar-refractivity contribution in [2.24, 2.45) is 0 Å². The van der Waals surface area contributed by atoms with Gasteiger partial charge in [-0.2, -0.15) is 0 Å². The van der Waals surface area contributed by atoms with E-state index in [1.807, 2.05) is 30.3 Å². The molecular formula is C18H21ClN2O2. The quantitative estimate of drug-likeness (QED) is 0.856. The van der Waals surface area contributed by atoms with Crippen LogP contribution < -0.4 is 5.32 Å². The van der Waals surface area contributed by atoms with Gasteiger partial charge in [0.2, 0.25) is 12.3 Å². The van der Waals surface area contributed by atoms with Crippen molar-refractivity contribution >= 4 is 23.9 Å². The van der Waals surface area contributed by atoms with Crippen LogP contribution in [0, 0.1) is 6.92 Å². The lowest BCUT2D eigenvalue weighted by Gasteiger charge is -2.16. The molecule has 0 aliphatic rings. The van der Waals surface area contributed by atoms with Gasteiger partial charge in [-0.05, 0) is 24.6 Å². The Balaban J connectivity index is 0.000000313. The summed E-state index contributed by atoms with van der Waals surface area (Å²) in [6, 6.07) is 17.5. The van der Waals surface area contributed by atoms with E-state index < -0.39 is 0 Å². The lowest BCUT2D eigenvalue weighted by atomic mass is 10.2. The van der Waals surface area contributed by atoms with Gasteiger partial charge >= 0.3 is 0 Å². The van der Waals surface area contributed by atoms with E-state index in [9.17, 15) is 9.59 Å². The Kier molecular flexibility index (Phi) is 8.47. The molecule has 0 atom stereocenters. The standard InChI is InChI=1S/C11H13ClN2O2.C7H8/c1-14(11(16)6-13-8-15)7-9-2-4-10(12)5-3-9;1-7-5-3-2-4-6-7/h2-5,8H,6-7H2,1H3,(H,13,15);2-6H,1H3. The number of likely N-dealkylation sites (N-methyl/N-ethyl adjacent to an activating group) is 1. The first kappa shape index (κ1) is 18.7. The highest BCUT2D eigenvalue weighted by Crippen LogP contribution is 2.10. The van der Waals surface area contributed by atoms with Crippen LogP contribution >= 0.6 is 11.6 Å². The Morgan fingerprint density at radius 1 is 1.13 bits per heavy atom. The smallest absolute Gasteiger partial charge is 0.241 e. The fraction of sp³-hybridized carbons (Fsp3) is 0.222. The summed E-state index contributed by atoms with van der Waals surface area (Å²) in [5.74, 6) is -0.137. The van der Waals surface area contributed by atoms with Crippen molar-refractivity contribution in [2.75, 3.05) is 13.6 Å². The number of benzene rings is 2. The maximum Gasteiger partial charge on any atom is 0.241 e. The molecule has 0 spiro atoms. The average molecular weight is 333 g/mol. The normalized spacial score (nSPS) is 9.35. The van der Waals surface area contributed by atoms with Crippen LogP contribution in [-0.4, -0.2) is 30.8 Å². The highest BCUT2D eigenvalue weighted by Gasteiger charge is 2.07. The molecule has 0 aromatic heterocycles. The van der Waals surface area contributed by atoms with Gasteiger partial charge in [-0.15, -0.1) is 0 Å². The third kappa shape index (κ3) is 8.02. The first-order valence-corrected chi connectivity index (χ1v) is 7.58. The van der Waals surface area contributed by atoms with E-state index >= 15 is 0 Å². The number of nitrogens with one attached hydrogen (secondary N) is 1. The summed E-state index contributed by atoms with van der Waals surface area (Å²) in [5, 5.41) is 3.00. The summed E-state index contributed by atoms with van der Waals surface area (Å²) in [5.41, 5.74) is 2.31. The van der Waals surface area contributed by atoms with Crippen molar-refractivity contribution in [3.05, 3.63) is 70.7 Å². The van der Waals surface area contributed by atoms with E-state index in [-0.39, 0.29) is 12.5 Å². The molecule has 0 saturated heterocycles. The summed E-state index contributed by atoms with van der Waals surface area (Å²) in [6.07, 6.45) is 0.508. The number of carbonyl (C=O) groups excluding carboxylic acids is 2. The molecule has 2 aromatic rings. The molecule has 5 heteroatoms. The second kappa shape index (κ2) is 10.4. The number of nitrogens with zero attached hydrogens (tertiary/aromatic N) is 1. The van der Waals surface area contributed by atoms with Gasteiger partial charge in [0.15, 0.2) is 0 Å². The minimum Gasteiger partial charge on any atom is -0.350 e. The van der Waals surface area contributed by atoms with Gasteiger partial charge in [-0.25, -0.2) is 0 Å². The third-order valence-corrected chi connectivity index (χ3v) is 3.29. The maximum atomic E-state index is 11.5. The van der Waals surface area contributed by atoms with Crippen LogP contribution in [0.2, 0.25) is 5.02 Å². The number of halogens is 1. The minimum absolute atomic E-state index is 0.0214. The maximum absolute atomic E-state index is 11.5. The van der Waals surface area contributed by atoms with Crippen molar-refractivity contribution in [3.63, 3.8) is 0 Å². The number of hydrogen-bond donors (Lipinski definition) is 1. The number of aryl methyl sites for hydroxylation is 1. The SMILES string of the molecule is CN(Cc1ccc(Cl)cc1)C(=O)CNC=O.Cc1ccccc1. The molecular weight excluding hydrogens is 312 g/mol. The van der Waals surface area contributed by atoms with E-state index in [1.54, 1.807) is 24.1 Å². The molecule has 0 heterocycles. The first-order valence-electron chi connectivity index (χ1n) is 7.20. The summed E-state index contributed by atoms with van der Waals surface area (Å²) in [7, 11) is 1.68. The summed E-state index contributed by atoms with van der Waals surface area (Å²) in [4.78, 5) is 23.0. The molecule has 0 bridgehead atoms. The lowest BCUT2D eigenvalue weighted by Crippen LogP contribution is -2.34. The minimum atomic E-state index is -0.137. The van der Waals surface area contributed by atoms with Gasteiger partial charge < -0.3 is 10.2 Å². The zero-order chi connectivity index (χ0) is 17.1. The fourth-order valence-corrected chi connectivity index (χ4v) is 1.88. The van der Waals surface area contributed by atoms with Crippen LogP contribution in [0.15, 0.2) is 54.6 Å². The van der Waals surface area contributed by atoms with Crippen LogP contribution in [0.5, 0.6) is 0 Å². The lowest BCUT2D eigenvalue weighted by molar-refractivity contribution is -0.130. The molecule has 0 aliphatic carbocycles. The topological polar surface area (TPSA) is 49.4 Å².